The quantitative estimate of drug-likeness (QED) is 0.556. The number of aliphatic hydroxyl groups excluding tert-OH is 1. The Balaban J connectivity index is 2.03. The molecular formula is C19H21ClO3. The van der Waals surface area contributed by atoms with Crippen LogP contribution in [0.3, 0.4) is 0 Å². The van der Waals surface area contributed by atoms with Gasteiger partial charge in [0.05, 0.1) is 17.7 Å². The number of halogens is 1. The summed E-state index contributed by atoms with van der Waals surface area (Å²) in [5, 5.41) is 10.7. The first kappa shape index (κ1) is 17.5. The smallest absolute Gasteiger partial charge is 0.167 e. The molecule has 0 saturated carbocycles. The van der Waals surface area contributed by atoms with Gasteiger partial charge in [-0.05, 0) is 36.2 Å². The first-order valence-electron chi connectivity index (χ1n) is 7.80. The maximum atomic E-state index is 12.3. The Hall–Kier alpha value is -1.84. The third kappa shape index (κ3) is 5.08. The van der Waals surface area contributed by atoms with Crippen molar-refractivity contribution in [2.45, 2.75) is 32.3 Å². The van der Waals surface area contributed by atoms with Gasteiger partial charge >= 0.3 is 0 Å². The van der Waals surface area contributed by atoms with Crippen molar-refractivity contribution in [3.63, 3.8) is 0 Å². The zero-order valence-electron chi connectivity index (χ0n) is 13.2. The zero-order chi connectivity index (χ0) is 16.7. The lowest BCUT2D eigenvalue weighted by molar-refractivity contribution is 0.0880. The van der Waals surface area contributed by atoms with Gasteiger partial charge in [0, 0.05) is 12.0 Å². The van der Waals surface area contributed by atoms with Crippen LogP contribution >= 0.6 is 11.6 Å². The van der Waals surface area contributed by atoms with E-state index in [2.05, 4.69) is 6.92 Å². The number of carbonyl (C=O) groups excluding carboxylic acids is 1. The Kier molecular flexibility index (Phi) is 6.63. The van der Waals surface area contributed by atoms with E-state index in [1.165, 1.54) is 0 Å². The van der Waals surface area contributed by atoms with Crippen molar-refractivity contribution in [1.82, 2.24) is 0 Å². The molecule has 0 saturated heterocycles. The summed E-state index contributed by atoms with van der Waals surface area (Å²) in [6.45, 7) is 2.75. The Morgan fingerprint density at radius 1 is 1.22 bits per heavy atom. The Morgan fingerprint density at radius 2 is 2.00 bits per heavy atom. The molecule has 2 rings (SSSR count). The molecule has 23 heavy (non-hydrogen) atoms. The highest BCUT2D eigenvalue weighted by Crippen LogP contribution is 2.25. The Morgan fingerprint density at radius 3 is 2.74 bits per heavy atom. The highest BCUT2D eigenvalue weighted by atomic mass is 35.5. The SMILES string of the molecule is CCCCOc1cccc(C(O)CC(=O)c2ccccc2Cl)c1. The van der Waals surface area contributed by atoms with Crippen LogP contribution in [0.25, 0.3) is 0 Å². The van der Waals surface area contributed by atoms with E-state index in [4.69, 9.17) is 16.3 Å². The van der Waals surface area contributed by atoms with E-state index >= 15 is 0 Å². The highest BCUT2D eigenvalue weighted by Gasteiger charge is 2.17. The normalized spacial score (nSPS) is 12.0. The summed E-state index contributed by atoms with van der Waals surface area (Å²) in [6.07, 6.45) is 1.16. The molecule has 122 valence electrons. The van der Waals surface area contributed by atoms with Crippen molar-refractivity contribution in [2.24, 2.45) is 0 Å². The second-order valence-corrected chi connectivity index (χ2v) is 5.80. The molecule has 0 aliphatic rings. The summed E-state index contributed by atoms with van der Waals surface area (Å²) in [5.74, 6) is 0.528. The maximum Gasteiger partial charge on any atom is 0.167 e. The fraction of sp³-hybridized carbons (Fsp3) is 0.316. The molecule has 0 amide bonds. The van der Waals surface area contributed by atoms with E-state index in [1.54, 1.807) is 36.4 Å². The van der Waals surface area contributed by atoms with Gasteiger partial charge in [0.25, 0.3) is 0 Å². The van der Waals surface area contributed by atoms with Gasteiger partial charge in [0.1, 0.15) is 5.75 Å². The van der Waals surface area contributed by atoms with Crippen LogP contribution < -0.4 is 4.74 Å². The largest absolute Gasteiger partial charge is 0.494 e. The number of benzene rings is 2. The second kappa shape index (κ2) is 8.70. The summed E-state index contributed by atoms with van der Waals surface area (Å²) in [5.41, 5.74) is 1.10. The first-order valence-corrected chi connectivity index (χ1v) is 8.18. The zero-order valence-corrected chi connectivity index (χ0v) is 13.9. The number of ketones is 1. The molecule has 2 aromatic rings. The summed E-state index contributed by atoms with van der Waals surface area (Å²) in [6, 6.07) is 14.1. The molecule has 0 bridgehead atoms. The summed E-state index contributed by atoms with van der Waals surface area (Å²) in [4.78, 5) is 12.3. The molecule has 0 radical (unpaired) electrons. The average molecular weight is 333 g/mol. The van der Waals surface area contributed by atoms with Crippen LogP contribution in [0, 0.1) is 0 Å². The molecule has 0 aliphatic heterocycles. The van der Waals surface area contributed by atoms with Crippen LogP contribution in [0.2, 0.25) is 5.02 Å². The van der Waals surface area contributed by atoms with Crippen LogP contribution in [0.4, 0.5) is 0 Å². The molecule has 0 aromatic heterocycles. The predicted octanol–water partition coefficient (Wildman–Crippen LogP) is 4.83. The first-order chi connectivity index (χ1) is 11.1. The van der Waals surface area contributed by atoms with Crippen LogP contribution in [0.1, 0.15) is 48.2 Å². The van der Waals surface area contributed by atoms with Gasteiger partial charge < -0.3 is 9.84 Å². The molecule has 0 aliphatic carbocycles. The minimum absolute atomic E-state index is 0.0118. The molecule has 0 heterocycles. The van der Waals surface area contributed by atoms with Gasteiger partial charge in [-0.2, -0.15) is 0 Å². The molecule has 1 atom stereocenters. The Bertz CT molecular complexity index is 655. The number of hydrogen-bond donors (Lipinski definition) is 1. The molecule has 3 nitrogen and oxygen atoms in total. The van der Waals surface area contributed by atoms with Crippen molar-refractivity contribution >= 4 is 17.4 Å². The fourth-order valence-corrected chi connectivity index (χ4v) is 2.48. The van der Waals surface area contributed by atoms with Crippen LogP contribution in [-0.2, 0) is 0 Å². The predicted molar refractivity (Wildman–Crippen MR) is 92.2 cm³/mol. The van der Waals surface area contributed by atoms with Crippen LogP contribution in [0.15, 0.2) is 48.5 Å². The summed E-state index contributed by atoms with van der Waals surface area (Å²) < 4.78 is 5.63. The van der Waals surface area contributed by atoms with Crippen molar-refractivity contribution in [2.75, 3.05) is 6.61 Å². The summed E-state index contributed by atoms with van der Waals surface area (Å²) in [7, 11) is 0. The van der Waals surface area contributed by atoms with E-state index in [0.29, 0.717) is 28.5 Å². The number of hydrogen-bond acceptors (Lipinski definition) is 3. The molecular weight excluding hydrogens is 312 g/mol. The molecule has 0 spiro atoms. The van der Waals surface area contributed by atoms with Gasteiger partial charge in [-0.1, -0.05) is 49.2 Å². The third-order valence-corrected chi connectivity index (χ3v) is 3.89. The van der Waals surface area contributed by atoms with E-state index < -0.39 is 6.10 Å². The fourth-order valence-electron chi connectivity index (χ4n) is 2.24. The minimum Gasteiger partial charge on any atom is -0.494 e. The number of carbonyl (C=O) groups is 1. The Labute approximate surface area is 141 Å². The van der Waals surface area contributed by atoms with Crippen LogP contribution in [0.5, 0.6) is 5.75 Å². The van der Waals surface area contributed by atoms with Gasteiger partial charge in [-0.3, -0.25) is 4.79 Å². The van der Waals surface area contributed by atoms with Crippen molar-refractivity contribution < 1.29 is 14.6 Å². The second-order valence-electron chi connectivity index (χ2n) is 5.40. The van der Waals surface area contributed by atoms with Crippen LogP contribution in [-0.4, -0.2) is 17.5 Å². The standard InChI is InChI=1S/C19H21ClO3/c1-2-3-11-23-15-8-6-7-14(12-15)18(21)13-19(22)16-9-4-5-10-17(16)20/h4-10,12,18,21H,2-3,11,13H2,1H3. The van der Waals surface area contributed by atoms with E-state index in [0.717, 1.165) is 12.8 Å². The topological polar surface area (TPSA) is 46.5 Å². The molecule has 0 fully saturated rings. The number of Topliss-reactive ketones (excluding diaryl/α,β-unsaturated/α-hetero) is 1. The van der Waals surface area contributed by atoms with E-state index in [9.17, 15) is 9.90 Å². The van der Waals surface area contributed by atoms with Gasteiger partial charge in [0.2, 0.25) is 0 Å². The summed E-state index contributed by atoms with van der Waals surface area (Å²) >= 11 is 6.02. The number of aliphatic hydroxyl groups is 1. The minimum atomic E-state index is -0.881. The number of rotatable bonds is 8. The molecule has 4 heteroatoms. The highest BCUT2D eigenvalue weighted by molar-refractivity contribution is 6.33. The van der Waals surface area contributed by atoms with E-state index in [-0.39, 0.29) is 12.2 Å². The van der Waals surface area contributed by atoms with E-state index in [1.807, 2.05) is 12.1 Å². The van der Waals surface area contributed by atoms with Gasteiger partial charge in [-0.15, -0.1) is 0 Å². The third-order valence-electron chi connectivity index (χ3n) is 3.56. The lowest BCUT2D eigenvalue weighted by Crippen LogP contribution is -2.08. The average Bonchev–Trinajstić information content (AvgIpc) is 2.55. The monoisotopic (exact) mass is 332 g/mol. The lowest BCUT2D eigenvalue weighted by Gasteiger charge is -2.13. The number of ether oxygens (including phenoxy) is 1. The molecule has 2 aromatic carbocycles. The molecule has 1 N–H and O–H groups in total. The van der Waals surface area contributed by atoms with Gasteiger partial charge in [-0.25, -0.2) is 0 Å². The van der Waals surface area contributed by atoms with Crippen molar-refractivity contribution in [3.05, 3.63) is 64.7 Å². The number of unbranched alkanes of at least 4 members (excludes halogenated alkanes) is 1. The molecule has 1 unspecified atom stereocenters. The van der Waals surface area contributed by atoms with Gasteiger partial charge in [0.15, 0.2) is 5.78 Å². The maximum absolute atomic E-state index is 12.3. The van der Waals surface area contributed by atoms with Crippen molar-refractivity contribution in [3.8, 4) is 5.75 Å². The van der Waals surface area contributed by atoms with Crippen molar-refractivity contribution in [1.29, 1.82) is 0 Å². The lowest BCUT2D eigenvalue weighted by atomic mass is 10.00.